The summed E-state index contributed by atoms with van der Waals surface area (Å²) in [5, 5.41) is 10.8. The van der Waals surface area contributed by atoms with E-state index in [9.17, 15) is 0 Å². The van der Waals surface area contributed by atoms with E-state index in [1.54, 1.807) is 6.07 Å². The molecule has 0 atom stereocenters. The minimum absolute atomic E-state index is 0. The van der Waals surface area contributed by atoms with Crippen molar-refractivity contribution < 1.29 is 0 Å². The third-order valence-corrected chi connectivity index (χ3v) is 2.45. The van der Waals surface area contributed by atoms with Crippen molar-refractivity contribution in [3.8, 4) is 6.07 Å². The van der Waals surface area contributed by atoms with Crippen molar-refractivity contribution in [2.75, 3.05) is 0 Å². The quantitative estimate of drug-likeness (QED) is 0.640. The van der Waals surface area contributed by atoms with E-state index in [4.69, 9.17) is 5.26 Å². The molecule has 1 heterocycles. The Hall–Kier alpha value is -1.85. The monoisotopic (exact) mass is 214 g/mol. The highest BCUT2D eigenvalue weighted by molar-refractivity contribution is 5.85. The first-order valence-corrected chi connectivity index (χ1v) is 4.40. The van der Waals surface area contributed by atoms with Gasteiger partial charge in [0, 0.05) is 10.8 Å². The molecular weight excluding hydrogens is 208 g/mol. The smallest absolute Gasteiger partial charge is 0.0991 e. The Balaban J connectivity index is 0.000000853. The zero-order valence-corrected chi connectivity index (χ0v) is 8.58. The molecule has 1 aliphatic carbocycles. The van der Waals surface area contributed by atoms with Gasteiger partial charge in [0.2, 0.25) is 0 Å². The predicted octanol–water partition coefficient (Wildman–Crippen LogP) is 1.22. The molecule has 3 heteroatoms. The fourth-order valence-electron chi connectivity index (χ4n) is 1.78. The van der Waals surface area contributed by atoms with E-state index in [1.807, 2.05) is 30.4 Å². The molecule has 1 aromatic rings. The fourth-order valence-corrected chi connectivity index (χ4v) is 1.78. The van der Waals surface area contributed by atoms with Gasteiger partial charge in [0.1, 0.15) is 0 Å². The maximum atomic E-state index is 8.79. The van der Waals surface area contributed by atoms with Crippen molar-refractivity contribution in [3.05, 3.63) is 58.3 Å². The zero-order chi connectivity index (χ0) is 9.54. The third kappa shape index (κ3) is 1.29. The number of hydrogen-bond acceptors (Lipinski definition) is 2. The van der Waals surface area contributed by atoms with E-state index in [-0.39, 0.29) is 12.4 Å². The van der Waals surface area contributed by atoms with Crippen LogP contribution in [0, 0.1) is 11.3 Å². The van der Waals surface area contributed by atoms with Crippen LogP contribution >= 0.6 is 12.4 Å². The molecule has 0 aromatic heterocycles. The van der Waals surface area contributed by atoms with Crippen molar-refractivity contribution in [1.82, 2.24) is 0 Å². The molecule has 2 nitrogen and oxygen atoms in total. The summed E-state index contributed by atoms with van der Waals surface area (Å²) in [6, 6.07) is 7.73. The molecule has 0 saturated heterocycles. The maximum absolute atomic E-state index is 8.79. The Labute approximate surface area is 93.0 Å². The lowest BCUT2D eigenvalue weighted by atomic mass is 10.1. The van der Waals surface area contributed by atoms with E-state index in [1.165, 1.54) is 0 Å². The van der Waals surface area contributed by atoms with E-state index in [2.05, 4.69) is 11.1 Å². The van der Waals surface area contributed by atoms with E-state index < -0.39 is 0 Å². The number of hydrogen-bond donors (Lipinski definition) is 0. The van der Waals surface area contributed by atoms with Crippen LogP contribution in [0.5, 0.6) is 0 Å². The minimum Gasteiger partial charge on any atom is -0.248 e. The molecule has 3 rings (SSSR count). The lowest BCUT2D eigenvalue weighted by molar-refractivity contribution is 1.31. The Bertz CT molecular complexity index is 645. The van der Waals surface area contributed by atoms with E-state index >= 15 is 0 Å². The Morgan fingerprint density at radius 3 is 2.93 bits per heavy atom. The van der Waals surface area contributed by atoms with Crippen molar-refractivity contribution in [2.45, 2.75) is 0 Å². The summed E-state index contributed by atoms with van der Waals surface area (Å²) in [6.07, 6.45) is 6.00. The second-order valence-corrected chi connectivity index (χ2v) is 3.28. The molecular formula is C12H7ClN2. The molecule has 0 bridgehead atoms. The molecule has 1 aromatic carbocycles. The average Bonchev–Trinajstić information content (AvgIpc) is 2.76. The van der Waals surface area contributed by atoms with E-state index in [0.717, 1.165) is 21.8 Å². The fraction of sp³-hybridized carbons (Fsp3) is 0. The first kappa shape index (κ1) is 9.70. The van der Waals surface area contributed by atoms with Gasteiger partial charge in [0.05, 0.1) is 22.7 Å². The number of halogens is 1. The van der Waals surface area contributed by atoms with Crippen LogP contribution in [-0.4, -0.2) is 0 Å². The number of fused-ring (bicyclic) bond motifs is 2. The van der Waals surface area contributed by atoms with E-state index in [0.29, 0.717) is 5.56 Å². The highest BCUT2D eigenvalue weighted by Crippen LogP contribution is 2.20. The highest BCUT2D eigenvalue weighted by atomic mass is 35.5. The van der Waals surface area contributed by atoms with Gasteiger partial charge in [-0.1, -0.05) is 12.2 Å². The SMILES string of the molecule is Cl.N#Cc1ccc2c(c1)=C1C=CC=C1N=2. The summed E-state index contributed by atoms with van der Waals surface area (Å²) in [7, 11) is 0. The molecule has 0 amide bonds. The van der Waals surface area contributed by atoms with Gasteiger partial charge in [-0.3, -0.25) is 0 Å². The van der Waals surface area contributed by atoms with Crippen LogP contribution in [0.15, 0.2) is 47.1 Å². The van der Waals surface area contributed by atoms with Gasteiger partial charge in [0.25, 0.3) is 0 Å². The summed E-state index contributed by atoms with van der Waals surface area (Å²) >= 11 is 0. The number of allylic oxidation sites excluding steroid dienone is 3. The largest absolute Gasteiger partial charge is 0.248 e. The van der Waals surface area contributed by atoms with Gasteiger partial charge in [-0.2, -0.15) is 5.26 Å². The van der Waals surface area contributed by atoms with Crippen LogP contribution in [0.1, 0.15) is 5.56 Å². The van der Waals surface area contributed by atoms with Gasteiger partial charge in [-0.15, -0.1) is 12.4 Å². The molecule has 72 valence electrons. The normalized spacial score (nSPS) is 14.6. The van der Waals surface area contributed by atoms with Crippen LogP contribution < -0.4 is 10.6 Å². The summed E-state index contributed by atoms with van der Waals surface area (Å²) in [4.78, 5) is 4.44. The van der Waals surface area contributed by atoms with Crippen LogP contribution in [0.4, 0.5) is 0 Å². The van der Waals surface area contributed by atoms with Crippen molar-refractivity contribution in [1.29, 1.82) is 5.26 Å². The zero-order valence-electron chi connectivity index (χ0n) is 7.77. The van der Waals surface area contributed by atoms with Crippen LogP contribution in [0.3, 0.4) is 0 Å². The van der Waals surface area contributed by atoms with Crippen LogP contribution in [0.25, 0.3) is 5.57 Å². The number of nitrogens with zero attached hydrogens (tertiary/aromatic N) is 2. The molecule has 0 spiro atoms. The van der Waals surface area contributed by atoms with Gasteiger partial charge in [-0.05, 0) is 24.3 Å². The molecule has 1 aliphatic heterocycles. The molecule has 0 radical (unpaired) electrons. The summed E-state index contributed by atoms with van der Waals surface area (Å²) in [5.74, 6) is 0. The van der Waals surface area contributed by atoms with Crippen molar-refractivity contribution in [2.24, 2.45) is 4.99 Å². The minimum atomic E-state index is 0. The Kier molecular flexibility index (Phi) is 2.18. The standard InChI is InChI=1S/C12H6N2.ClH/c13-7-8-4-5-12-10(6-8)9-2-1-3-11(9)14-12;/h1-6H;1H. The molecule has 0 fully saturated rings. The lowest BCUT2D eigenvalue weighted by Crippen LogP contribution is -2.22. The molecule has 0 N–H and O–H groups in total. The first-order chi connectivity index (χ1) is 6.88. The molecule has 0 unspecified atom stereocenters. The summed E-state index contributed by atoms with van der Waals surface area (Å²) < 4.78 is 0. The number of rotatable bonds is 0. The number of nitriles is 1. The highest BCUT2D eigenvalue weighted by Gasteiger charge is 2.12. The predicted molar refractivity (Wildman–Crippen MR) is 59.8 cm³/mol. The van der Waals surface area contributed by atoms with Gasteiger partial charge in [0.15, 0.2) is 0 Å². The lowest BCUT2D eigenvalue weighted by Gasteiger charge is -1.89. The average molecular weight is 215 g/mol. The number of benzene rings is 1. The molecule has 15 heavy (non-hydrogen) atoms. The van der Waals surface area contributed by atoms with Gasteiger partial charge < -0.3 is 0 Å². The topological polar surface area (TPSA) is 36.1 Å². The second-order valence-electron chi connectivity index (χ2n) is 3.28. The Morgan fingerprint density at radius 2 is 2.13 bits per heavy atom. The van der Waals surface area contributed by atoms with Gasteiger partial charge in [-0.25, -0.2) is 4.99 Å². The summed E-state index contributed by atoms with van der Waals surface area (Å²) in [5.41, 5.74) is 2.83. The second kappa shape index (κ2) is 3.38. The Morgan fingerprint density at radius 1 is 1.27 bits per heavy atom. The first-order valence-electron chi connectivity index (χ1n) is 4.40. The maximum Gasteiger partial charge on any atom is 0.0991 e. The summed E-state index contributed by atoms with van der Waals surface area (Å²) in [6.45, 7) is 0. The van der Waals surface area contributed by atoms with Crippen LogP contribution in [0.2, 0.25) is 0 Å². The molecule has 2 aliphatic rings. The van der Waals surface area contributed by atoms with Crippen LogP contribution in [-0.2, 0) is 0 Å². The molecule has 0 saturated carbocycles. The van der Waals surface area contributed by atoms with Crippen molar-refractivity contribution >= 4 is 18.0 Å². The van der Waals surface area contributed by atoms with Crippen molar-refractivity contribution in [3.63, 3.8) is 0 Å². The third-order valence-electron chi connectivity index (χ3n) is 2.45. The van der Waals surface area contributed by atoms with Gasteiger partial charge >= 0.3 is 0 Å².